The summed E-state index contributed by atoms with van der Waals surface area (Å²) < 4.78 is 0. The number of nitrogens with one attached hydrogen (secondary N) is 2. The summed E-state index contributed by atoms with van der Waals surface area (Å²) in [6.07, 6.45) is 5.35. The lowest BCUT2D eigenvalue weighted by Gasteiger charge is -2.32. The van der Waals surface area contributed by atoms with Gasteiger partial charge in [0.2, 0.25) is 5.56 Å². The van der Waals surface area contributed by atoms with Crippen molar-refractivity contribution in [1.29, 1.82) is 0 Å². The van der Waals surface area contributed by atoms with Gasteiger partial charge in [0.05, 0.1) is 11.6 Å². The van der Waals surface area contributed by atoms with Gasteiger partial charge in [-0.15, -0.1) is 0 Å². The van der Waals surface area contributed by atoms with E-state index >= 15 is 0 Å². The maximum absolute atomic E-state index is 11.8. The monoisotopic (exact) mass is 503 g/mol. The Labute approximate surface area is 220 Å². The van der Waals surface area contributed by atoms with Gasteiger partial charge in [-0.2, -0.15) is 0 Å². The topological polar surface area (TPSA) is 98.2 Å². The van der Waals surface area contributed by atoms with Crippen molar-refractivity contribution in [1.82, 2.24) is 15.3 Å². The van der Waals surface area contributed by atoms with Crippen LogP contribution in [0.15, 0.2) is 102 Å². The standard InChI is InChI=1S/C32H29N3O3/c36-28-12-10-26(27-11-13-30(38)35-31(27)28)29(37)20-34-32(16-21-5-2-1-3-6-21)17-23-9-8-22(15-25(23)18-32)24-7-4-14-33-19-24/h1-15,19,29,34,36-37H,16-18,20H2,(H,35,38)/t29-,32?/m0/s1. The summed E-state index contributed by atoms with van der Waals surface area (Å²) in [5.41, 5.74) is 6.53. The molecular formula is C32H29N3O3. The first kappa shape index (κ1) is 24.1. The van der Waals surface area contributed by atoms with E-state index in [0.29, 0.717) is 23.0 Å². The second-order valence-corrected chi connectivity index (χ2v) is 10.2. The average molecular weight is 504 g/mol. The molecule has 0 aliphatic heterocycles. The number of pyridine rings is 2. The van der Waals surface area contributed by atoms with Gasteiger partial charge in [0.25, 0.3) is 0 Å². The third-order valence-corrected chi connectivity index (χ3v) is 7.58. The van der Waals surface area contributed by atoms with Crippen LogP contribution in [0.2, 0.25) is 0 Å². The van der Waals surface area contributed by atoms with E-state index in [1.807, 2.05) is 18.3 Å². The summed E-state index contributed by atoms with van der Waals surface area (Å²) in [7, 11) is 0. The van der Waals surface area contributed by atoms with Crippen molar-refractivity contribution in [2.24, 2.45) is 0 Å². The molecular weight excluding hydrogens is 474 g/mol. The number of aromatic hydroxyl groups is 1. The molecule has 0 bridgehead atoms. The molecule has 0 saturated heterocycles. The molecule has 3 aromatic carbocycles. The van der Waals surface area contributed by atoms with Crippen LogP contribution in [-0.2, 0) is 19.3 Å². The predicted octanol–water partition coefficient (Wildman–Crippen LogP) is 4.70. The fourth-order valence-electron chi connectivity index (χ4n) is 5.74. The summed E-state index contributed by atoms with van der Waals surface area (Å²) in [4.78, 5) is 18.8. The van der Waals surface area contributed by atoms with Crippen molar-refractivity contribution < 1.29 is 10.2 Å². The smallest absolute Gasteiger partial charge is 0.248 e. The number of aliphatic hydroxyl groups is 1. The van der Waals surface area contributed by atoms with Gasteiger partial charge in [-0.05, 0) is 70.8 Å². The summed E-state index contributed by atoms with van der Waals surface area (Å²) in [6, 6.07) is 27.4. The number of rotatable bonds is 7. The van der Waals surface area contributed by atoms with Gasteiger partial charge in [0, 0.05) is 35.9 Å². The highest BCUT2D eigenvalue weighted by molar-refractivity contribution is 5.87. The van der Waals surface area contributed by atoms with E-state index in [9.17, 15) is 15.0 Å². The predicted molar refractivity (Wildman–Crippen MR) is 149 cm³/mol. The van der Waals surface area contributed by atoms with Gasteiger partial charge in [0.15, 0.2) is 0 Å². The van der Waals surface area contributed by atoms with Crippen LogP contribution in [-0.4, -0.2) is 32.3 Å². The van der Waals surface area contributed by atoms with E-state index in [4.69, 9.17) is 0 Å². The Bertz CT molecular complexity index is 1650. The molecule has 2 heterocycles. The van der Waals surface area contributed by atoms with Crippen LogP contribution in [0, 0.1) is 0 Å². The molecule has 6 heteroatoms. The van der Waals surface area contributed by atoms with Crippen LogP contribution in [0.1, 0.15) is 28.4 Å². The summed E-state index contributed by atoms with van der Waals surface area (Å²) in [5, 5.41) is 25.9. The van der Waals surface area contributed by atoms with Crippen LogP contribution in [0.4, 0.5) is 0 Å². The van der Waals surface area contributed by atoms with Gasteiger partial charge in [-0.3, -0.25) is 9.78 Å². The molecule has 2 atom stereocenters. The molecule has 190 valence electrons. The number of benzene rings is 3. The molecule has 6 nitrogen and oxygen atoms in total. The fraction of sp³-hybridized carbons (Fsp3) is 0.188. The number of β-amino-alcohol motifs (C(OH)–C–C–N with tert-alkyl or cyclic N) is 1. The molecule has 0 spiro atoms. The number of hydrogen-bond acceptors (Lipinski definition) is 5. The number of nitrogens with zero attached hydrogens (tertiary/aromatic N) is 1. The van der Waals surface area contributed by atoms with Gasteiger partial charge >= 0.3 is 0 Å². The lowest BCUT2D eigenvalue weighted by Crippen LogP contribution is -2.49. The minimum atomic E-state index is -0.827. The number of aliphatic hydroxyl groups excluding tert-OH is 1. The molecule has 0 radical (unpaired) electrons. The maximum atomic E-state index is 11.8. The SMILES string of the molecule is O=c1ccc2c([C@@H](O)CNC3(Cc4ccccc4)Cc4ccc(-c5cccnc5)cc4C3)ccc(O)c2[nH]1. The van der Waals surface area contributed by atoms with Gasteiger partial charge in [-0.1, -0.05) is 60.7 Å². The Kier molecular flexibility index (Phi) is 6.27. The average Bonchev–Trinajstić information content (AvgIpc) is 3.30. The van der Waals surface area contributed by atoms with Crippen molar-refractivity contribution in [2.75, 3.05) is 6.54 Å². The Balaban J connectivity index is 1.30. The number of phenolic OH excluding ortho intramolecular Hbond substituents is 1. The highest BCUT2D eigenvalue weighted by Gasteiger charge is 2.37. The highest BCUT2D eigenvalue weighted by Crippen LogP contribution is 2.36. The largest absolute Gasteiger partial charge is 0.506 e. The maximum Gasteiger partial charge on any atom is 0.248 e. The first-order chi connectivity index (χ1) is 18.5. The lowest BCUT2D eigenvalue weighted by molar-refractivity contribution is 0.157. The van der Waals surface area contributed by atoms with Crippen LogP contribution in [0.3, 0.4) is 0 Å². The van der Waals surface area contributed by atoms with Crippen molar-refractivity contribution in [3.05, 3.63) is 130 Å². The molecule has 0 saturated carbocycles. The molecule has 0 amide bonds. The quantitative estimate of drug-likeness (QED) is 0.258. The molecule has 4 N–H and O–H groups in total. The third kappa shape index (κ3) is 4.72. The van der Waals surface area contributed by atoms with E-state index in [2.05, 4.69) is 63.8 Å². The first-order valence-electron chi connectivity index (χ1n) is 12.8. The third-order valence-electron chi connectivity index (χ3n) is 7.58. The molecule has 38 heavy (non-hydrogen) atoms. The normalized spacial score (nSPS) is 17.4. The number of H-pyrrole nitrogens is 1. The Morgan fingerprint density at radius 1 is 0.921 bits per heavy atom. The molecule has 1 aliphatic rings. The summed E-state index contributed by atoms with van der Waals surface area (Å²) in [5.74, 6) is -0.0159. The summed E-state index contributed by atoms with van der Waals surface area (Å²) >= 11 is 0. The number of aromatic nitrogens is 2. The molecule has 0 fully saturated rings. The highest BCUT2D eigenvalue weighted by atomic mass is 16.3. The van der Waals surface area contributed by atoms with E-state index in [1.165, 1.54) is 28.8 Å². The van der Waals surface area contributed by atoms with Crippen molar-refractivity contribution >= 4 is 10.9 Å². The van der Waals surface area contributed by atoms with E-state index in [0.717, 1.165) is 30.4 Å². The zero-order valence-corrected chi connectivity index (χ0v) is 20.9. The fourth-order valence-corrected chi connectivity index (χ4v) is 5.74. The zero-order chi connectivity index (χ0) is 26.1. The van der Waals surface area contributed by atoms with E-state index < -0.39 is 6.10 Å². The number of fused-ring (bicyclic) bond motifs is 2. The molecule has 1 unspecified atom stereocenters. The summed E-state index contributed by atoms with van der Waals surface area (Å²) in [6.45, 7) is 0.329. The van der Waals surface area contributed by atoms with Crippen molar-refractivity contribution in [3.8, 4) is 16.9 Å². The molecule has 5 aromatic rings. The molecule has 1 aliphatic carbocycles. The lowest BCUT2D eigenvalue weighted by atomic mass is 9.87. The Morgan fingerprint density at radius 2 is 1.76 bits per heavy atom. The van der Waals surface area contributed by atoms with Gasteiger partial charge in [-0.25, -0.2) is 0 Å². The molecule has 2 aromatic heterocycles. The number of hydrogen-bond donors (Lipinski definition) is 4. The van der Waals surface area contributed by atoms with E-state index in [-0.39, 0.29) is 16.8 Å². The van der Waals surface area contributed by atoms with Crippen LogP contribution in [0.25, 0.3) is 22.0 Å². The zero-order valence-electron chi connectivity index (χ0n) is 20.9. The number of phenols is 1. The van der Waals surface area contributed by atoms with Crippen molar-refractivity contribution in [2.45, 2.75) is 30.9 Å². The first-order valence-corrected chi connectivity index (χ1v) is 12.8. The Hall–Kier alpha value is -4.26. The Morgan fingerprint density at radius 3 is 2.58 bits per heavy atom. The van der Waals surface area contributed by atoms with E-state index in [1.54, 1.807) is 18.3 Å². The van der Waals surface area contributed by atoms with Crippen LogP contribution < -0.4 is 10.9 Å². The number of aromatic amines is 1. The van der Waals surface area contributed by atoms with Gasteiger partial charge in [0.1, 0.15) is 5.75 Å². The second kappa shape index (κ2) is 9.89. The van der Waals surface area contributed by atoms with Crippen LogP contribution >= 0.6 is 0 Å². The van der Waals surface area contributed by atoms with Crippen LogP contribution in [0.5, 0.6) is 5.75 Å². The minimum absolute atomic E-state index is 0.0159. The second-order valence-electron chi connectivity index (χ2n) is 10.2. The minimum Gasteiger partial charge on any atom is -0.506 e. The molecule has 6 rings (SSSR count). The van der Waals surface area contributed by atoms with Gasteiger partial charge < -0.3 is 20.5 Å². The van der Waals surface area contributed by atoms with Crippen molar-refractivity contribution in [3.63, 3.8) is 0 Å².